The van der Waals surface area contributed by atoms with E-state index < -0.39 is 5.63 Å². The van der Waals surface area contributed by atoms with E-state index in [1.165, 1.54) is 0 Å². The maximum absolute atomic E-state index is 12.3. The Balaban J connectivity index is 1.58. The number of Topliss-reactive ketones (excluding diaryl/α,β-unsaturated/α-hetero) is 1. The van der Waals surface area contributed by atoms with Crippen LogP contribution < -0.4 is 10.4 Å². The summed E-state index contributed by atoms with van der Waals surface area (Å²) in [6.07, 6.45) is 0. The van der Waals surface area contributed by atoms with E-state index in [0.717, 1.165) is 10.9 Å². The van der Waals surface area contributed by atoms with Gasteiger partial charge in [-0.05, 0) is 23.8 Å². The summed E-state index contributed by atoms with van der Waals surface area (Å²) in [6.45, 7) is -0.0815. The van der Waals surface area contributed by atoms with Crippen molar-refractivity contribution in [3.8, 4) is 16.9 Å². The summed E-state index contributed by atoms with van der Waals surface area (Å²) in [5, 5.41) is 0.787. The summed E-state index contributed by atoms with van der Waals surface area (Å²) >= 11 is 0. The summed E-state index contributed by atoms with van der Waals surface area (Å²) in [4.78, 5) is 24.5. The van der Waals surface area contributed by atoms with E-state index in [0.29, 0.717) is 22.5 Å². The minimum atomic E-state index is -0.411. The third-order valence-corrected chi connectivity index (χ3v) is 4.26. The highest BCUT2D eigenvalue weighted by Gasteiger charge is 2.10. The predicted molar refractivity (Wildman–Crippen MR) is 104 cm³/mol. The number of hydrogen-bond acceptors (Lipinski definition) is 4. The summed E-state index contributed by atoms with van der Waals surface area (Å²) in [7, 11) is 0. The van der Waals surface area contributed by atoms with Crippen LogP contribution in [0.5, 0.6) is 5.75 Å². The average Bonchev–Trinajstić information content (AvgIpc) is 2.72. The summed E-state index contributed by atoms with van der Waals surface area (Å²) in [5.74, 6) is 0.360. The van der Waals surface area contributed by atoms with Gasteiger partial charge in [-0.15, -0.1) is 0 Å². The zero-order valence-corrected chi connectivity index (χ0v) is 14.4. The van der Waals surface area contributed by atoms with Crippen LogP contribution in [0, 0.1) is 0 Å². The lowest BCUT2D eigenvalue weighted by atomic mass is 10.1. The van der Waals surface area contributed by atoms with Gasteiger partial charge in [-0.3, -0.25) is 4.79 Å². The molecule has 0 spiro atoms. The van der Waals surface area contributed by atoms with E-state index in [1.807, 2.05) is 54.6 Å². The molecule has 132 valence electrons. The Morgan fingerprint density at radius 1 is 0.852 bits per heavy atom. The number of benzene rings is 3. The monoisotopic (exact) mass is 356 g/mol. The van der Waals surface area contributed by atoms with Gasteiger partial charge in [0.05, 0.1) is 5.56 Å². The molecule has 0 unspecified atom stereocenters. The van der Waals surface area contributed by atoms with Crippen molar-refractivity contribution < 1.29 is 13.9 Å². The van der Waals surface area contributed by atoms with E-state index in [4.69, 9.17) is 9.15 Å². The fourth-order valence-electron chi connectivity index (χ4n) is 2.86. The number of carbonyl (C=O) groups excluding carboxylic acids is 1. The minimum Gasteiger partial charge on any atom is -0.485 e. The summed E-state index contributed by atoms with van der Waals surface area (Å²) in [5.41, 5.74) is 1.92. The molecule has 0 N–H and O–H groups in total. The fraction of sp³-hybridized carbons (Fsp3) is 0.0435. The second-order valence-corrected chi connectivity index (χ2v) is 6.09. The largest absolute Gasteiger partial charge is 0.485 e. The van der Waals surface area contributed by atoms with Crippen LogP contribution >= 0.6 is 0 Å². The van der Waals surface area contributed by atoms with Crippen molar-refractivity contribution in [1.82, 2.24) is 0 Å². The lowest BCUT2D eigenvalue weighted by Crippen LogP contribution is -2.11. The van der Waals surface area contributed by atoms with E-state index in [-0.39, 0.29) is 12.4 Å². The van der Waals surface area contributed by atoms with Gasteiger partial charge in [-0.1, -0.05) is 60.7 Å². The SMILES string of the molecule is O=C(COc1ccc2cc(-c3ccccc3)c(=O)oc2c1)c1ccccc1. The first kappa shape index (κ1) is 16.8. The molecule has 4 aromatic rings. The van der Waals surface area contributed by atoms with Crippen LogP contribution in [-0.4, -0.2) is 12.4 Å². The Morgan fingerprint density at radius 2 is 1.56 bits per heavy atom. The Bertz CT molecular complexity index is 1150. The number of carbonyl (C=O) groups is 1. The Kier molecular flexibility index (Phi) is 4.54. The van der Waals surface area contributed by atoms with Crippen LogP contribution in [0.2, 0.25) is 0 Å². The highest BCUT2D eigenvalue weighted by atomic mass is 16.5. The molecule has 0 bridgehead atoms. The maximum Gasteiger partial charge on any atom is 0.344 e. The third-order valence-electron chi connectivity index (χ3n) is 4.26. The molecule has 0 atom stereocenters. The van der Waals surface area contributed by atoms with E-state index in [9.17, 15) is 9.59 Å². The first-order valence-electron chi connectivity index (χ1n) is 8.55. The van der Waals surface area contributed by atoms with Crippen molar-refractivity contribution in [2.45, 2.75) is 0 Å². The van der Waals surface area contributed by atoms with Crippen LogP contribution in [0.15, 0.2) is 94.1 Å². The van der Waals surface area contributed by atoms with Gasteiger partial charge < -0.3 is 9.15 Å². The van der Waals surface area contributed by atoms with Crippen LogP contribution in [0.4, 0.5) is 0 Å². The molecule has 4 rings (SSSR count). The highest BCUT2D eigenvalue weighted by molar-refractivity contribution is 5.97. The normalized spacial score (nSPS) is 10.7. The molecule has 0 aliphatic rings. The molecule has 0 aliphatic heterocycles. The molecule has 0 fully saturated rings. The van der Waals surface area contributed by atoms with Crippen molar-refractivity contribution in [3.63, 3.8) is 0 Å². The van der Waals surface area contributed by atoms with Crippen LogP contribution in [0.3, 0.4) is 0 Å². The molecule has 0 radical (unpaired) electrons. The Morgan fingerprint density at radius 3 is 2.30 bits per heavy atom. The van der Waals surface area contributed by atoms with Crippen LogP contribution in [-0.2, 0) is 0 Å². The second-order valence-electron chi connectivity index (χ2n) is 6.09. The van der Waals surface area contributed by atoms with Gasteiger partial charge in [0.2, 0.25) is 0 Å². The first-order chi connectivity index (χ1) is 13.2. The van der Waals surface area contributed by atoms with E-state index in [2.05, 4.69) is 0 Å². The summed E-state index contributed by atoms with van der Waals surface area (Å²) < 4.78 is 11.0. The van der Waals surface area contributed by atoms with Gasteiger partial charge in [0, 0.05) is 17.0 Å². The van der Waals surface area contributed by atoms with Crippen molar-refractivity contribution in [1.29, 1.82) is 0 Å². The standard InChI is InChI=1S/C23H16O4/c24-21(17-9-5-2-6-10-17)15-26-19-12-11-18-13-20(16-7-3-1-4-8-16)23(25)27-22(18)14-19/h1-14H,15H2. The van der Waals surface area contributed by atoms with Gasteiger partial charge in [-0.25, -0.2) is 4.79 Å². The zero-order chi connectivity index (χ0) is 18.6. The fourth-order valence-corrected chi connectivity index (χ4v) is 2.86. The minimum absolute atomic E-state index is 0.0815. The number of rotatable bonds is 5. The molecule has 0 saturated heterocycles. The van der Waals surface area contributed by atoms with E-state index in [1.54, 1.807) is 30.3 Å². The van der Waals surface area contributed by atoms with Crippen LogP contribution in [0.25, 0.3) is 22.1 Å². The van der Waals surface area contributed by atoms with Gasteiger partial charge >= 0.3 is 5.63 Å². The molecule has 0 saturated carbocycles. The topological polar surface area (TPSA) is 56.5 Å². The lowest BCUT2D eigenvalue weighted by Gasteiger charge is -2.07. The van der Waals surface area contributed by atoms with Crippen molar-refractivity contribution in [2.75, 3.05) is 6.61 Å². The molecule has 1 aromatic heterocycles. The average molecular weight is 356 g/mol. The molecular weight excluding hydrogens is 340 g/mol. The number of ether oxygens (including phenoxy) is 1. The molecule has 27 heavy (non-hydrogen) atoms. The number of ketones is 1. The van der Waals surface area contributed by atoms with E-state index >= 15 is 0 Å². The first-order valence-corrected chi connectivity index (χ1v) is 8.55. The highest BCUT2D eigenvalue weighted by Crippen LogP contribution is 2.24. The summed E-state index contributed by atoms with van der Waals surface area (Å²) in [6, 6.07) is 25.3. The van der Waals surface area contributed by atoms with Crippen molar-refractivity contribution in [2.24, 2.45) is 0 Å². The van der Waals surface area contributed by atoms with Gasteiger partial charge in [0.15, 0.2) is 12.4 Å². The van der Waals surface area contributed by atoms with Gasteiger partial charge in [0.1, 0.15) is 11.3 Å². The molecular formula is C23H16O4. The maximum atomic E-state index is 12.3. The molecule has 0 aliphatic carbocycles. The Hall–Kier alpha value is -3.66. The second kappa shape index (κ2) is 7.30. The Labute approximate surface area is 155 Å². The molecule has 4 heteroatoms. The van der Waals surface area contributed by atoms with Crippen LogP contribution in [0.1, 0.15) is 10.4 Å². The van der Waals surface area contributed by atoms with Crippen molar-refractivity contribution in [3.05, 3.63) is 101 Å². The smallest absolute Gasteiger partial charge is 0.344 e. The molecule has 1 heterocycles. The lowest BCUT2D eigenvalue weighted by molar-refractivity contribution is 0.0921. The van der Waals surface area contributed by atoms with Gasteiger partial charge in [0.25, 0.3) is 0 Å². The molecule has 4 nitrogen and oxygen atoms in total. The molecule has 0 amide bonds. The van der Waals surface area contributed by atoms with Crippen molar-refractivity contribution >= 4 is 16.8 Å². The molecule has 3 aromatic carbocycles. The predicted octanol–water partition coefficient (Wildman–Crippen LogP) is 4.72. The third kappa shape index (κ3) is 3.65. The number of fused-ring (bicyclic) bond motifs is 1. The van der Waals surface area contributed by atoms with Gasteiger partial charge in [-0.2, -0.15) is 0 Å². The number of hydrogen-bond donors (Lipinski definition) is 0. The quantitative estimate of drug-likeness (QED) is 0.383. The zero-order valence-electron chi connectivity index (χ0n) is 14.4.